The maximum absolute atomic E-state index is 12.4. The standard InChI is InChI=1S/C13H20N2O2S/c1-13(2,3)15-18(16,17)12-6-4-5-10-9-14-8-7-11(10)12/h4-6,14-15H,7-9H2,1-3H3. The highest BCUT2D eigenvalue weighted by atomic mass is 32.2. The molecule has 0 spiro atoms. The zero-order valence-corrected chi connectivity index (χ0v) is 11.9. The van der Waals surface area contributed by atoms with Gasteiger partial charge in [-0.25, -0.2) is 13.1 Å². The lowest BCUT2D eigenvalue weighted by atomic mass is 10.0. The largest absolute Gasteiger partial charge is 0.312 e. The fraction of sp³-hybridized carbons (Fsp3) is 0.538. The van der Waals surface area contributed by atoms with Gasteiger partial charge in [-0.15, -0.1) is 0 Å². The van der Waals surface area contributed by atoms with Gasteiger partial charge in [0.1, 0.15) is 0 Å². The van der Waals surface area contributed by atoms with Crippen LogP contribution in [0.2, 0.25) is 0 Å². The molecule has 4 nitrogen and oxygen atoms in total. The lowest BCUT2D eigenvalue weighted by molar-refractivity contribution is 0.490. The maximum atomic E-state index is 12.4. The highest BCUT2D eigenvalue weighted by Gasteiger charge is 2.26. The van der Waals surface area contributed by atoms with Crippen LogP contribution in [0.15, 0.2) is 23.1 Å². The summed E-state index contributed by atoms with van der Waals surface area (Å²) in [5, 5.41) is 3.25. The van der Waals surface area contributed by atoms with Crippen LogP contribution in [0.5, 0.6) is 0 Å². The lowest BCUT2D eigenvalue weighted by Gasteiger charge is -2.24. The minimum Gasteiger partial charge on any atom is -0.312 e. The molecule has 0 aliphatic carbocycles. The van der Waals surface area contributed by atoms with Gasteiger partial charge in [0, 0.05) is 12.1 Å². The zero-order valence-electron chi connectivity index (χ0n) is 11.1. The number of benzene rings is 1. The van der Waals surface area contributed by atoms with E-state index in [1.807, 2.05) is 32.9 Å². The van der Waals surface area contributed by atoms with Gasteiger partial charge < -0.3 is 5.32 Å². The number of hydrogen-bond donors (Lipinski definition) is 2. The maximum Gasteiger partial charge on any atom is 0.241 e. The first kappa shape index (κ1) is 13.5. The summed E-state index contributed by atoms with van der Waals surface area (Å²) in [4.78, 5) is 0.427. The fourth-order valence-corrected chi connectivity index (χ4v) is 3.94. The number of sulfonamides is 1. The molecular formula is C13H20N2O2S. The SMILES string of the molecule is CC(C)(C)NS(=O)(=O)c1cccc2c1CCNC2. The van der Waals surface area contributed by atoms with Crippen molar-refractivity contribution in [2.75, 3.05) is 6.54 Å². The monoisotopic (exact) mass is 268 g/mol. The molecule has 1 aromatic carbocycles. The summed E-state index contributed by atoms with van der Waals surface area (Å²) in [5.41, 5.74) is 1.57. The van der Waals surface area contributed by atoms with Crippen molar-refractivity contribution in [3.05, 3.63) is 29.3 Å². The van der Waals surface area contributed by atoms with Crippen LogP contribution >= 0.6 is 0 Å². The Bertz CT molecular complexity index is 545. The van der Waals surface area contributed by atoms with Crippen molar-refractivity contribution < 1.29 is 8.42 Å². The Kier molecular flexibility index (Phi) is 3.49. The van der Waals surface area contributed by atoms with E-state index in [-0.39, 0.29) is 0 Å². The molecule has 0 saturated heterocycles. The van der Waals surface area contributed by atoms with Gasteiger partial charge in [-0.3, -0.25) is 0 Å². The van der Waals surface area contributed by atoms with E-state index in [4.69, 9.17) is 0 Å². The topological polar surface area (TPSA) is 58.2 Å². The van der Waals surface area contributed by atoms with Gasteiger partial charge in [0.05, 0.1) is 4.90 Å². The number of nitrogens with one attached hydrogen (secondary N) is 2. The van der Waals surface area contributed by atoms with Crippen molar-refractivity contribution in [1.82, 2.24) is 10.0 Å². The number of hydrogen-bond acceptors (Lipinski definition) is 3. The molecule has 0 atom stereocenters. The third kappa shape index (κ3) is 2.91. The van der Waals surface area contributed by atoms with Crippen molar-refractivity contribution in [2.45, 2.75) is 44.2 Å². The van der Waals surface area contributed by atoms with E-state index in [0.29, 0.717) is 4.90 Å². The molecule has 0 amide bonds. The Labute approximate surface area is 109 Å². The van der Waals surface area contributed by atoms with Crippen molar-refractivity contribution >= 4 is 10.0 Å². The summed E-state index contributed by atoms with van der Waals surface area (Å²) in [7, 11) is -3.44. The predicted octanol–water partition coefficient (Wildman–Crippen LogP) is 1.41. The number of fused-ring (bicyclic) bond motifs is 1. The number of rotatable bonds is 2. The van der Waals surface area contributed by atoms with Gasteiger partial charge >= 0.3 is 0 Å². The first-order valence-corrected chi connectivity index (χ1v) is 7.63. The van der Waals surface area contributed by atoms with E-state index < -0.39 is 15.6 Å². The Hall–Kier alpha value is -0.910. The average molecular weight is 268 g/mol. The first-order chi connectivity index (χ1) is 8.30. The van der Waals surface area contributed by atoms with Crippen LogP contribution < -0.4 is 10.0 Å². The van der Waals surface area contributed by atoms with Gasteiger partial charge in [-0.2, -0.15) is 0 Å². The fourth-order valence-electron chi connectivity index (χ4n) is 2.21. The summed E-state index contributed by atoms with van der Waals surface area (Å²) < 4.78 is 27.5. The highest BCUT2D eigenvalue weighted by Crippen LogP contribution is 2.23. The minimum absolute atomic E-state index is 0.427. The van der Waals surface area contributed by atoms with Crippen LogP contribution in [0.1, 0.15) is 31.9 Å². The summed E-state index contributed by atoms with van der Waals surface area (Å²) in [6, 6.07) is 5.49. The summed E-state index contributed by atoms with van der Waals surface area (Å²) in [5.74, 6) is 0. The van der Waals surface area contributed by atoms with Crippen LogP contribution in [0.3, 0.4) is 0 Å². The molecule has 0 radical (unpaired) electrons. The molecule has 2 rings (SSSR count). The van der Waals surface area contributed by atoms with Crippen molar-refractivity contribution in [1.29, 1.82) is 0 Å². The molecule has 2 N–H and O–H groups in total. The van der Waals surface area contributed by atoms with E-state index in [0.717, 1.165) is 30.6 Å². The molecule has 0 fully saturated rings. The van der Waals surface area contributed by atoms with Gasteiger partial charge in [-0.05, 0) is 50.9 Å². The van der Waals surface area contributed by atoms with Crippen LogP contribution in [0.4, 0.5) is 0 Å². The molecule has 1 heterocycles. The molecule has 1 aromatic rings. The third-order valence-electron chi connectivity index (χ3n) is 2.83. The molecule has 0 saturated carbocycles. The molecule has 1 aliphatic rings. The molecule has 5 heteroatoms. The van der Waals surface area contributed by atoms with Crippen molar-refractivity contribution in [3.63, 3.8) is 0 Å². The van der Waals surface area contributed by atoms with Gasteiger partial charge in [-0.1, -0.05) is 12.1 Å². The Morgan fingerprint density at radius 3 is 2.67 bits per heavy atom. The van der Waals surface area contributed by atoms with E-state index in [1.54, 1.807) is 6.07 Å². The second-order valence-corrected chi connectivity index (χ2v) is 7.33. The average Bonchev–Trinajstić information content (AvgIpc) is 2.25. The van der Waals surface area contributed by atoms with Crippen LogP contribution in [-0.4, -0.2) is 20.5 Å². The molecule has 1 aliphatic heterocycles. The van der Waals surface area contributed by atoms with Crippen LogP contribution in [0, 0.1) is 0 Å². The molecule has 0 aromatic heterocycles. The molecule has 18 heavy (non-hydrogen) atoms. The van der Waals surface area contributed by atoms with Crippen molar-refractivity contribution in [3.8, 4) is 0 Å². The zero-order chi connectivity index (χ0) is 13.4. The predicted molar refractivity (Wildman–Crippen MR) is 71.9 cm³/mol. The van der Waals surface area contributed by atoms with E-state index in [2.05, 4.69) is 10.0 Å². The smallest absolute Gasteiger partial charge is 0.241 e. The summed E-state index contributed by atoms with van der Waals surface area (Å²) in [6.07, 6.45) is 0.760. The van der Waals surface area contributed by atoms with Gasteiger partial charge in [0.2, 0.25) is 10.0 Å². The lowest BCUT2D eigenvalue weighted by Crippen LogP contribution is -2.41. The molecular weight excluding hydrogens is 248 g/mol. The second-order valence-electron chi connectivity index (χ2n) is 5.68. The molecule has 0 unspecified atom stereocenters. The Morgan fingerprint density at radius 2 is 2.00 bits per heavy atom. The quantitative estimate of drug-likeness (QED) is 0.852. The molecule has 100 valence electrons. The molecule has 0 bridgehead atoms. The van der Waals surface area contributed by atoms with E-state index in [1.165, 1.54) is 0 Å². The van der Waals surface area contributed by atoms with E-state index in [9.17, 15) is 8.42 Å². The Balaban J connectivity index is 2.45. The third-order valence-corrected chi connectivity index (χ3v) is 4.67. The van der Waals surface area contributed by atoms with Gasteiger partial charge in [0.25, 0.3) is 0 Å². The van der Waals surface area contributed by atoms with E-state index >= 15 is 0 Å². The van der Waals surface area contributed by atoms with Crippen molar-refractivity contribution in [2.24, 2.45) is 0 Å². The van der Waals surface area contributed by atoms with Crippen LogP contribution in [0.25, 0.3) is 0 Å². The van der Waals surface area contributed by atoms with Gasteiger partial charge in [0.15, 0.2) is 0 Å². The highest BCUT2D eigenvalue weighted by molar-refractivity contribution is 7.89. The minimum atomic E-state index is -3.44. The second kappa shape index (κ2) is 4.64. The normalized spacial score (nSPS) is 16.4. The summed E-state index contributed by atoms with van der Waals surface area (Å²) >= 11 is 0. The Morgan fingerprint density at radius 1 is 1.28 bits per heavy atom. The van der Waals surface area contributed by atoms with Crippen LogP contribution in [-0.2, 0) is 23.0 Å². The first-order valence-electron chi connectivity index (χ1n) is 6.15. The summed E-state index contributed by atoms with van der Waals surface area (Å²) in [6.45, 7) is 7.12.